The van der Waals surface area contributed by atoms with E-state index < -0.39 is 6.04 Å². The van der Waals surface area contributed by atoms with E-state index in [4.69, 9.17) is 0 Å². The van der Waals surface area contributed by atoms with Crippen molar-refractivity contribution in [3.05, 3.63) is 17.5 Å². The summed E-state index contributed by atoms with van der Waals surface area (Å²) in [4.78, 5) is 40.4. The first-order valence-electron chi connectivity index (χ1n) is 8.74. The predicted octanol–water partition coefficient (Wildman–Crippen LogP) is 0.161. The summed E-state index contributed by atoms with van der Waals surface area (Å²) in [5, 5.41) is 7.11. The predicted molar refractivity (Wildman–Crippen MR) is 90.9 cm³/mol. The van der Waals surface area contributed by atoms with Crippen molar-refractivity contribution in [3.63, 3.8) is 0 Å². The number of aromatic nitrogens is 2. The van der Waals surface area contributed by atoms with Crippen molar-refractivity contribution < 1.29 is 14.4 Å². The van der Waals surface area contributed by atoms with E-state index in [0.29, 0.717) is 31.6 Å². The van der Waals surface area contributed by atoms with E-state index in [1.54, 1.807) is 27.6 Å². The van der Waals surface area contributed by atoms with Gasteiger partial charge >= 0.3 is 0 Å². The lowest BCUT2D eigenvalue weighted by atomic mass is 10.0. The fraction of sp³-hybridized carbons (Fsp3) is 0.647. The van der Waals surface area contributed by atoms with Crippen LogP contribution < -0.4 is 5.32 Å². The van der Waals surface area contributed by atoms with Crippen LogP contribution >= 0.6 is 0 Å². The number of carbonyl (C=O) groups excluding carboxylic acids is 3. The standard InChI is InChI=1S/C17H25N5O3/c1-5-22-10(2)15(7-18-22)17(25)20-9-14-6-13(19-12(4)23)8-21(14)16(24)11(20)3/h7,11,13-14H,5-6,8-9H2,1-4H3,(H,19,23). The van der Waals surface area contributed by atoms with Crippen LogP contribution in [0.2, 0.25) is 0 Å². The van der Waals surface area contributed by atoms with Gasteiger partial charge in [-0.05, 0) is 27.2 Å². The molecular weight excluding hydrogens is 322 g/mol. The number of fused-ring (bicyclic) bond motifs is 1. The molecule has 1 N–H and O–H groups in total. The summed E-state index contributed by atoms with van der Waals surface area (Å²) in [7, 11) is 0. The number of hydrogen-bond donors (Lipinski definition) is 1. The highest BCUT2D eigenvalue weighted by Crippen LogP contribution is 2.27. The van der Waals surface area contributed by atoms with Crippen LogP contribution in [0.25, 0.3) is 0 Å². The summed E-state index contributed by atoms with van der Waals surface area (Å²) in [6.45, 7) is 8.78. The molecule has 0 aliphatic carbocycles. The first kappa shape index (κ1) is 17.4. The summed E-state index contributed by atoms with van der Waals surface area (Å²) in [5.41, 5.74) is 1.36. The normalized spacial score (nSPS) is 25.9. The number of nitrogens with zero attached hydrogens (tertiary/aromatic N) is 4. The summed E-state index contributed by atoms with van der Waals surface area (Å²) >= 11 is 0. The number of piperazine rings is 1. The first-order chi connectivity index (χ1) is 11.8. The smallest absolute Gasteiger partial charge is 0.258 e. The number of amides is 3. The maximum absolute atomic E-state index is 13.0. The van der Waals surface area contributed by atoms with Gasteiger partial charge in [-0.25, -0.2) is 0 Å². The Morgan fingerprint density at radius 1 is 1.36 bits per heavy atom. The molecule has 0 bridgehead atoms. The minimum atomic E-state index is -0.510. The van der Waals surface area contributed by atoms with Gasteiger partial charge in [0.1, 0.15) is 6.04 Å². The largest absolute Gasteiger partial charge is 0.352 e. The highest BCUT2D eigenvalue weighted by molar-refractivity contribution is 5.99. The van der Waals surface area contributed by atoms with Gasteiger partial charge in [-0.3, -0.25) is 19.1 Å². The molecule has 136 valence electrons. The van der Waals surface area contributed by atoms with E-state index in [-0.39, 0.29) is 29.8 Å². The van der Waals surface area contributed by atoms with Crippen LogP contribution in [0, 0.1) is 6.92 Å². The molecule has 3 heterocycles. The molecule has 3 atom stereocenters. The molecule has 2 saturated heterocycles. The lowest BCUT2D eigenvalue weighted by Gasteiger charge is -2.41. The van der Waals surface area contributed by atoms with Gasteiger partial charge in [-0.15, -0.1) is 0 Å². The van der Waals surface area contributed by atoms with Crippen LogP contribution in [0.15, 0.2) is 6.20 Å². The van der Waals surface area contributed by atoms with Gasteiger partial charge in [0.05, 0.1) is 17.8 Å². The van der Waals surface area contributed by atoms with Crippen molar-refractivity contribution in [1.82, 2.24) is 24.9 Å². The molecule has 0 aromatic carbocycles. The second-order valence-electron chi connectivity index (χ2n) is 6.87. The number of rotatable bonds is 3. The molecule has 2 aliphatic heterocycles. The number of nitrogens with one attached hydrogen (secondary N) is 1. The van der Waals surface area contributed by atoms with Crippen LogP contribution in [-0.2, 0) is 16.1 Å². The Bertz CT molecular complexity index is 713. The molecule has 3 rings (SSSR count). The molecular formula is C17H25N5O3. The fourth-order valence-corrected chi connectivity index (χ4v) is 3.90. The number of carbonyl (C=O) groups is 3. The second-order valence-corrected chi connectivity index (χ2v) is 6.87. The summed E-state index contributed by atoms with van der Waals surface area (Å²) in [6.07, 6.45) is 2.26. The molecule has 2 fully saturated rings. The monoisotopic (exact) mass is 347 g/mol. The van der Waals surface area contributed by atoms with E-state index >= 15 is 0 Å². The van der Waals surface area contributed by atoms with Crippen molar-refractivity contribution in [1.29, 1.82) is 0 Å². The minimum absolute atomic E-state index is 0.0433. The number of aryl methyl sites for hydroxylation is 1. The molecule has 2 aliphatic rings. The maximum atomic E-state index is 13.0. The van der Waals surface area contributed by atoms with Crippen molar-refractivity contribution in [2.24, 2.45) is 0 Å². The molecule has 1 aromatic rings. The Kier molecular flexibility index (Phi) is 4.53. The van der Waals surface area contributed by atoms with E-state index in [1.165, 1.54) is 6.92 Å². The van der Waals surface area contributed by atoms with Gasteiger partial charge < -0.3 is 15.1 Å². The van der Waals surface area contributed by atoms with E-state index in [2.05, 4.69) is 10.4 Å². The van der Waals surface area contributed by atoms with Gasteiger partial charge in [0, 0.05) is 38.3 Å². The third-order valence-corrected chi connectivity index (χ3v) is 5.23. The van der Waals surface area contributed by atoms with Gasteiger partial charge in [0.25, 0.3) is 5.91 Å². The zero-order chi connectivity index (χ0) is 18.3. The lowest BCUT2D eigenvalue weighted by Crippen LogP contribution is -2.60. The summed E-state index contributed by atoms with van der Waals surface area (Å²) in [5.74, 6) is -0.306. The van der Waals surface area contributed by atoms with Crippen LogP contribution in [0.4, 0.5) is 0 Å². The van der Waals surface area contributed by atoms with Crippen molar-refractivity contribution in [2.45, 2.75) is 58.8 Å². The lowest BCUT2D eigenvalue weighted by molar-refractivity contribution is -0.141. The third kappa shape index (κ3) is 3.01. The van der Waals surface area contributed by atoms with Gasteiger partial charge in [-0.2, -0.15) is 5.10 Å². The summed E-state index contributed by atoms with van der Waals surface area (Å²) in [6, 6.07) is -0.603. The molecule has 0 spiro atoms. The van der Waals surface area contributed by atoms with Gasteiger partial charge in [0.2, 0.25) is 11.8 Å². The third-order valence-electron chi connectivity index (χ3n) is 5.23. The van der Waals surface area contributed by atoms with Crippen LogP contribution in [-0.4, -0.2) is 68.5 Å². The van der Waals surface area contributed by atoms with E-state index in [1.807, 2.05) is 13.8 Å². The van der Waals surface area contributed by atoms with Crippen LogP contribution in [0.1, 0.15) is 43.2 Å². The van der Waals surface area contributed by atoms with Crippen molar-refractivity contribution in [2.75, 3.05) is 13.1 Å². The maximum Gasteiger partial charge on any atom is 0.258 e. The highest BCUT2D eigenvalue weighted by Gasteiger charge is 2.45. The zero-order valence-corrected chi connectivity index (χ0v) is 15.2. The topological polar surface area (TPSA) is 87.5 Å². The van der Waals surface area contributed by atoms with Crippen molar-refractivity contribution in [3.8, 4) is 0 Å². The molecule has 3 amide bonds. The molecule has 1 aromatic heterocycles. The average Bonchev–Trinajstić information content (AvgIpc) is 3.12. The van der Waals surface area contributed by atoms with Crippen LogP contribution in [0.5, 0.6) is 0 Å². The fourth-order valence-electron chi connectivity index (χ4n) is 3.90. The van der Waals surface area contributed by atoms with E-state index in [0.717, 1.165) is 5.69 Å². The molecule has 8 heteroatoms. The quantitative estimate of drug-likeness (QED) is 0.844. The molecule has 3 unspecified atom stereocenters. The Hall–Kier alpha value is -2.38. The molecule has 25 heavy (non-hydrogen) atoms. The zero-order valence-electron chi connectivity index (χ0n) is 15.2. The van der Waals surface area contributed by atoms with E-state index in [9.17, 15) is 14.4 Å². The highest BCUT2D eigenvalue weighted by atomic mass is 16.2. The average molecular weight is 347 g/mol. The molecule has 0 saturated carbocycles. The number of hydrogen-bond acceptors (Lipinski definition) is 4. The Labute approximate surface area is 147 Å². The Morgan fingerprint density at radius 2 is 2.08 bits per heavy atom. The Balaban J connectivity index is 1.79. The van der Waals surface area contributed by atoms with Gasteiger partial charge in [-0.1, -0.05) is 0 Å². The molecule has 0 radical (unpaired) electrons. The SMILES string of the molecule is CCn1ncc(C(=O)N2CC3CC(NC(C)=O)CN3C(=O)C2C)c1C. The first-order valence-corrected chi connectivity index (χ1v) is 8.74. The van der Waals surface area contributed by atoms with Gasteiger partial charge in [0.15, 0.2) is 0 Å². The molecule has 8 nitrogen and oxygen atoms in total. The van der Waals surface area contributed by atoms with Crippen LogP contribution in [0.3, 0.4) is 0 Å². The van der Waals surface area contributed by atoms with Crippen molar-refractivity contribution >= 4 is 17.7 Å². The Morgan fingerprint density at radius 3 is 2.68 bits per heavy atom. The second kappa shape index (κ2) is 6.50. The minimum Gasteiger partial charge on any atom is -0.352 e. The summed E-state index contributed by atoms with van der Waals surface area (Å²) < 4.78 is 1.78.